The summed E-state index contributed by atoms with van der Waals surface area (Å²) in [4.78, 5) is 19.7. The van der Waals surface area contributed by atoms with E-state index in [9.17, 15) is 4.79 Å². The Balaban J connectivity index is 2.07. The number of rotatable bonds is 4. The van der Waals surface area contributed by atoms with Crippen molar-refractivity contribution in [2.45, 2.75) is 31.7 Å². The number of nitrogens with zero attached hydrogens (tertiary/aromatic N) is 2. The summed E-state index contributed by atoms with van der Waals surface area (Å²) in [6, 6.07) is 6.88. The van der Waals surface area contributed by atoms with Gasteiger partial charge in [-0.25, -0.2) is 14.8 Å². The van der Waals surface area contributed by atoms with Crippen LogP contribution in [0.5, 0.6) is 0 Å². The van der Waals surface area contributed by atoms with Crippen LogP contribution in [0.3, 0.4) is 0 Å². The molecule has 0 aliphatic carbocycles. The molecule has 0 aliphatic heterocycles. The smallest absolute Gasteiger partial charge is 0.335 e. The molecule has 1 heterocycles. The van der Waals surface area contributed by atoms with Gasteiger partial charge in [0.2, 0.25) is 0 Å². The molecule has 0 unspecified atom stereocenters. The topological polar surface area (TPSA) is 63.1 Å². The van der Waals surface area contributed by atoms with E-state index in [1.165, 1.54) is 0 Å². The van der Waals surface area contributed by atoms with Gasteiger partial charge in [0.05, 0.1) is 5.56 Å². The molecular weight excluding hydrogens is 272 g/mol. The lowest BCUT2D eigenvalue weighted by molar-refractivity contribution is 0.0697. The number of aromatic nitrogens is 2. The van der Waals surface area contributed by atoms with Crippen molar-refractivity contribution in [3.8, 4) is 0 Å². The van der Waals surface area contributed by atoms with E-state index in [0.717, 1.165) is 33.4 Å². The highest BCUT2D eigenvalue weighted by Gasteiger charge is 2.06. The number of thioether (sulfide) groups is 1. The van der Waals surface area contributed by atoms with Crippen LogP contribution in [0.25, 0.3) is 0 Å². The Bertz CT molecular complexity index is 616. The first kappa shape index (κ1) is 14.5. The van der Waals surface area contributed by atoms with Crippen molar-refractivity contribution >= 4 is 17.7 Å². The molecule has 1 aromatic carbocycles. The van der Waals surface area contributed by atoms with Crippen molar-refractivity contribution in [2.75, 3.05) is 0 Å². The van der Waals surface area contributed by atoms with Crippen molar-refractivity contribution < 1.29 is 9.90 Å². The minimum atomic E-state index is -0.905. The van der Waals surface area contributed by atoms with Gasteiger partial charge in [-0.1, -0.05) is 23.9 Å². The zero-order chi connectivity index (χ0) is 14.7. The van der Waals surface area contributed by atoms with E-state index in [1.807, 2.05) is 32.9 Å². The molecule has 0 radical (unpaired) electrons. The lowest BCUT2D eigenvalue weighted by Crippen LogP contribution is -1.98. The summed E-state index contributed by atoms with van der Waals surface area (Å²) in [5.41, 5.74) is 4.49. The molecule has 0 saturated heterocycles. The van der Waals surface area contributed by atoms with Crippen molar-refractivity contribution in [1.29, 1.82) is 0 Å². The second-order valence-electron chi connectivity index (χ2n) is 4.59. The molecule has 0 fully saturated rings. The molecule has 2 aromatic rings. The lowest BCUT2D eigenvalue weighted by atomic mass is 10.1. The third-order valence-corrected chi connectivity index (χ3v) is 4.10. The first-order valence-electron chi connectivity index (χ1n) is 6.24. The highest BCUT2D eigenvalue weighted by atomic mass is 32.2. The normalized spacial score (nSPS) is 10.6. The van der Waals surface area contributed by atoms with Gasteiger partial charge in [-0.15, -0.1) is 0 Å². The van der Waals surface area contributed by atoms with Crippen LogP contribution in [-0.2, 0) is 5.75 Å². The van der Waals surface area contributed by atoms with Gasteiger partial charge in [0.25, 0.3) is 0 Å². The van der Waals surface area contributed by atoms with Gasteiger partial charge < -0.3 is 5.11 Å². The number of aryl methyl sites for hydroxylation is 2. The average molecular weight is 288 g/mol. The van der Waals surface area contributed by atoms with Crippen molar-refractivity contribution in [3.05, 3.63) is 52.3 Å². The van der Waals surface area contributed by atoms with Crippen molar-refractivity contribution in [1.82, 2.24) is 9.97 Å². The molecule has 0 amide bonds. The van der Waals surface area contributed by atoms with E-state index in [-0.39, 0.29) is 0 Å². The van der Waals surface area contributed by atoms with Crippen LogP contribution in [0.1, 0.15) is 32.9 Å². The zero-order valence-corrected chi connectivity index (χ0v) is 12.5. The Labute approximate surface area is 122 Å². The molecule has 2 rings (SSSR count). The molecule has 0 saturated carbocycles. The minimum Gasteiger partial charge on any atom is -0.478 e. The molecular formula is C15H16N2O2S. The van der Waals surface area contributed by atoms with Crippen molar-refractivity contribution in [2.24, 2.45) is 0 Å². The molecule has 0 aliphatic rings. The fourth-order valence-corrected chi connectivity index (χ4v) is 2.59. The predicted octanol–water partition coefficient (Wildman–Crippen LogP) is 3.39. The van der Waals surface area contributed by atoms with Gasteiger partial charge in [-0.05, 0) is 44.0 Å². The summed E-state index contributed by atoms with van der Waals surface area (Å²) in [5.74, 6) is -0.181. The van der Waals surface area contributed by atoms with E-state index < -0.39 is 5.97 Å². The number of carbonyl (C=O) groups is 1. The van der Waals surface area contributed by atoms with Gasteiger partial charge in [0.15, 0.2) is 5.16 Å². The summed E-state index contributed by atoms with van der Waals surface area (Å²) >= 11 is 1.56. The molecule has 0 atom stereocenters. The number of hydrogen-bond donors (Lipinski definition) is 1. The second-order valence-corrected chi connectivity index (χ2v) is 5.54. The summed E-state index contributed by atoms with van der Waals surface area (Å²) in [5, 5.41) is 9.60. The average Bonchev–Trinajstić information content (AvgIpc) is 2.42. The van der Waals surface area contributed by atoms with Crippen LogP contribution < -0.4 is 0 Å². The largest absolute Gasteiger partial charge is 0.478 e. The number of carboxylic acids is 1. The number of hydrogen-bond acceptors (Lipinski definition) is 4. The summed E-state index contributed by atoms with van der Waals surface area (Å²) in [7, 11) is 0. The quantitative estimate of drug-likeness (QED) is 0.690. The monoisotopic (exact) mass is 288 g/mol. The van der Waals surface area contributed by atoms with Gasteiger partial charge in [-0.3, -0.25) is 0 Å². The van der Waals surface area contributed by atoms with Gasteiger partial charge in [-0.2, -0.15) is 0 Å². The molecule has 0 bridgehead atoms. The molecule has 4 nitrogen and oxygen atoms in total. The fraction of sp³-hybridized carbons (Fsp3) is 0.267. The third-order valence-electron chi connectivity index (χ3n) is 3.18. The minimum absolute atomic E-state index is 0.303. The van der Waals surface area contributed by atoms with Gasteiger partial charge in [0, 0.05) is 17.1 Å². The van der Waals surface area contributed by atoms with Crippen LogP contribution in [-0.4, -0.2) is 21.0 Å². The highest BCUT2D eigenvalue weighted by molar-refractivity contribution is 7.98. The van der Waals surface area contributed by atoms with Crippen LogP contribution >= 0.6 is 11.8 Å². The van der Waals surface area contributed by atoms with E-state index in [4.69, 9.17) is 5.11 Å². The summed E-state index contributed by atoms with van der Waals surface area (Å²) < 4.78 is 0. The molecule has 0 spiro atoms. The molecule has 20 heavy (non-hydrogen) atoms. The Kier molecular flexibility index (Phi) is 4.39. The van der Waals surface area contributed by atoms with E-state index >= 15 is 0 Å². The van der Waals surface area contributed by atoms with E-state index in [0.29, 0.717) is 5.56 Å². The fourth-order valence-electron chi connectivity index (χ4n) is 1.70. The number of aromatic carboxylic acids is 1. The first-order chi connectivity index (χ1) is 9.47. The Morgan fingerprint density at radius 1 is 1.10 bits per heavy atom. The van der Waals surface area contributed by atoms with Crippen LogP contribution in [0.4, 0.5) is 0 Å². The molecule has 104 valence electrons. The van der Waals surface area contributed by atoms with E-state index in [2.05, 4.69) is 9.97 Å². The van der Waals surface area contributed by atoms with Crippen molar-refractivity contribution in [3.63, 3.8) is 0 Å². The SMILES string of the molecule is Cc1nc(SCc2ccc(C(=O)O)cc2)nc(C)c1C. The van der Waals surface area contributed by atoms with Crippen LogP contribution in [0, 0.1) is 20.8 Å². The maximum atomic E-state index is 10.8. The molecule has 1 N–H and O–H groups in total. The first-order valence-corrected chi connectivity index (χ1v) is 7.23. The summed E-state index contributed by atoms with van der Waals surface area (Å²) in [6.45, 7) is 5.98. The lowest BCUT2D eigenvalue weighted by Gasteiger charge is -2.07. The maximum absolute atomic E-state index is 10.8. The van der Waals surface area contributed by atoms with Gasteiger partial charge >= 0.3 is 5.97 Å². The Morgan fingerprint density at radius 2 is 1.65 bits per heavy atom. The standard InChI is InChI=1S/C15H16N2O2S/c1-9-10(2)16-15(17-11(9)3)20-8-12-4-6-13(7-5-12)14(18)19/h4-7H,8H2,1-3H3,(H,18,19). The van der Waals surface area contributed by atoms with Crippen LogP contribution in [0.2, 0.25) is 0 Å². The third kappa shape index (κ3) is 3.36. The Hall–Kier alpha value is -1.88. The number of carboxylic acid groups (broad SMARTS) is 1. The molecule has 1 aromatic heterocycles. The van der Waals surface area contributed by atoms with Gasteiger partial charge in [0.1, 0.15) is 0 Å². The number of benzene rings is 1. The van der Waals surface area contributed by atoms with E-state index in [1.54, 1.807) is 23.9 Å². The van der Waals surface area contributed by atoms with Crippen LogP contribution in [0.15, 0.2) is 29.4 Å². The molecule has 5 heteroatoms. The maximum Gasteiger partial charge on any atom is 0.335 e. The second kappa shape index (κ2) is 6.05. The highest BCUT2D eigenvalue weighted by Crippen LogP contribution is 2.21. The summed E-state index contributed by atoms with van der Waals surface area (Å²) in [6.07, 6.45) is 0. The predicted molar refractivity (Wildman–Crippen MR) is 79.2 cm³/mol. The zero-order valence-electron chi connectivity index (χ0n) is 11.7. The Morgan fingerprint density at radius 3 is 2.15 bits per heavy atom.